The van der Waals surface area contributed by atoms with E-state index >= 15 is 0 Å². The molecule has 13 heteroatoms. The number of ether oxygens (including phenoxy) is 1. The number of benzene rings is 3. The van der Waals surface area contributed by atoms with Crippen LogP contribution in [0, 0.1) is 6.92 Å². The molecule has 45 heavy (non-hydrogen) atoms. The summed E-state index contributed by atoms with van der Waals surface area (Å²) in [6, 6.07) is 14.1. The van der Waals surface area contributed by atoms with E-state index in [4.69, 9.17) is 16.3 Å². The number of methoxy groups -OCH3 is 1. The number of hydrogen-bond acceptors (Lipinski definition) is 5. The zero-order valence-corrected chi connectivity index (χ0v) is 27.1. The number of alkyl halides is 3. The van der Waals surface area contributed by atoms with E-state index in [0.29, 0.717) is 28.2 Å². The Morgan fingerprint density at radius 1 is 1.00 bits per heavy atom. The molecule has 2 amide bonds. The number of nitrogens with zero attached hydrogens (tertiary/aromatic N) is 2. The van der Waals surface area contributed by atoms with Gasteiger partial charge >= 0.3 is 6.18 Å². The zero-order chi connectivity index (χ0) is 33.4. The Morgan fingerprint density at radius 3 is 2.20 bits per heavy atom. The van der Waals surface area contributed by atoms with Gasteiger partial charge in [-0.25, -0.2) is 8.42 Å². The summed E-state index contributed by atoms with van der Waals surface area (Å²) >= 11 is 5.83. The summed E-state index contributed by atoms with van der Waals surface area (Å²) < 4.78 is 75.3. The molecule has 0 saturated carbocycles. The molecule has 0 fully saturated rings. The highest BCUT2D eigenvalue weighted by Crippen LogP contribution is 2.38. The molecule has 3 aromatic carbocycles. The second kappa shape index (κ2) is 15.5. The van der Waals surface area contributed by atoms with Crippen molar-refractivity contribution in [3.63, 3.8) is 0 Å². The van der Waals surface area contributed by atoms with Crippen molar-refractivity contribution in [2.45, 2.75) is 63.7 Å². The Morgan fingerprint density at radius 2 is 1.64 bits per heavy atom. The monoisotopic (exact) mass is 667 g/mol. The van der Waals surface area contributed by atoms with Crippen LogP contribution in [0.3, 0.4) is 0 Å². The first-order valence-electron chi connectivity index (χ1n) is 14.4. The van der Waals surface area contributed by atoms with Crippen LogP contribution in [-0.2, 0) is 32.3 Å². The highest BCUT2D eigenvalue weighted by Gasteiger charge is 2.37. The van der Waals surface area contributed by atoms with E-state index in [2.05, 4.69) is 5.32 Å². The van der Waals surface area contributed by atoms with Gasteiger partial charge in [-0.3, -0.25) is 13.9 Å². The maximum absolute atomic E-state index is 14.1. The molecule has 3 aromatic rings. The molecule has 0 radical (unpaired) electrons. The van der Waals surface area contributed by atoms with Crippen molar-refractivity contribution in [1.29, 1.82) is 0 Å². The largest absolute Gasteiger partial charge is 0.497 e. The number of anilines is 1. The molecule has 0 spiro atoms. The van der Waals surface area contributed by atoms with Crippen LogP contribution in [0.4, 0.5) is 18.9 Å². The van der Waals surface area contributed by atoms with Gasteiger partial charge in [0.2, 0.25) is 11.8 Å². The first-order valence-corrected chi connectivity index (χ1v) is 16.2. The molecule has 8 nitrogen and oxygen atoms in total. The predicted octanol–water partition coefficient (Wildman–Crippen LogP) is 6.59. The molecule has 0 aromatic heterocycles. The maximum atomic E-state index is 14.1. The third-order valence-corrected chi connectivity index (χ3v) is 9.28. The van der Waals surface area contributed by atoms with Gasteiger partial charge in [-0.1, -0.05) is 61.7 Å². The molecule has 0 bridgehead atoms. The number of halogens is 4. The van der Waals surface area contributed by atoms with E-state index in [1.165, 1.54) is 24.1 Å². The standard InChI is InChI=1S/C32H37ClF3N3O5S/c1-5-7-18-37-31(41)29(6-2)38(20-23-10-13-25(44-4)14-11-23)30(40)21-39(45(42,43)26-15-8-22(3)9-16-26)24-12-17-28(33)27(19-24)32(34,35)36/h8-17,19,29H,5-7,18,20-21H2,1-4H3,(H,37,41)/t29-/m0/s1. The van der Waals surface area contributed by atoms with Crippen molar-refractivity contribution in [3.8, 4) is 5.75 Å². The Kier molecular flexibility index (Phi) is 12.3. The molecule has 244 valence electrons. The van der Waals surface area contributed by atoms with Crippen molar-refractivity contribution >= 4 is 39.1 Å². The average Bonchev–Trinajstić information content (AvgIpc) is 3.00. The number of amides is 2. The van der Waals surface area contributed by atoms with E-state index in [1.54, 1.807) is 50.2 Å². The van der Waals surface area contributed by atoms with Gasteiger partial charge in [0.25, 0.3) is 10.0 Å². The Balaban J connectivity index is 2.12. The minimum Gasteiger partial charge on any atom is -0.497 e. The van der Waals surface area contributed by atoms with Crippen molar-refractivity contribution in [2.75, 3.05) is 24.5 Å². The normalized spacial score (nSPS) is 12.4. The summed E-state index contributed by atoms with van der Waals surface area (Å²) in [6.45, 7) is 4.86. The van der Waals surface area contributed by atoms with E-state index in [-0.39, 0.29) is 17.9 Å². The molecule has 0 aliphatic heterocycles. The molecule has 1 N–H and O–H groups in total. The maximum Gasteiger partial charge on any atom is 0.417 e. The number of unbranched alkanes of at least 4 members (excludes halogenated alkanes) is 1. The number of aryl methyl sites for hydroxylation is 1. The smallest absolute Gasteiger partial charge is 0.417 e. The highest BCUT2D eigenvalue weighted by atomic mass is 35.5. The quantitative estimate of drug-likeness (QED) is 0.196. The lowest BCUT2D eigenvalue weighted by Crippen LogP contribution is -2.52. The van der Waals surface area contributed by atoms with Crippen LogP contribution in [0.15, 0.2) is 71.6 Å². The van der Waals surface area contributed by atoms with Gasteiger partial charge in [-0.15, -0.1) is 0 Å². The number of hydrogen-bond donors (Lipinski definition) is 1. The van der Waals surface area contributed by atoms with Crippen LogP contribution in [0.1, 0.15) is 49.8 Å². The van der Waals surface area contributed by atoms with E-state index in [1.807, 2.05) is 6.92 Å². The third kappa shape index (κ3) is 9.13. The third-order valence-electron chi connectivity index (χ3n) is 7.16. The van der Waals surface area contributed by atoms with Crippen molar-refractivity contribution < 1.29 is 35.9 Å². The Labute approximate surface area is 267 Å². The number of rotatable bonds is 14. The Bertz CT molecular complexity index is 1570. The second-order valence-corrected chi connectivity index (χ2v) is 12.7. The minimum absolute atomic E-state index is 0.0740. The molecule has 1 atom stereocenters. The summed E-state index contributed by atoms with van der Waals surface area (Å²) in [5.41, 5.74) is -0.281. The number of nitrogens with one attached hydrogen (secondary N) is 1. The van der Waals surface area contributed by atoms with Crippen molar-refractivity contribution in [1.82, 2.24) is 10.2 Å². The van der Waals surface area contributed by atoms with E-state index < -0.39 is 56.9 Å². The lowest BCUT2D eigenvalue weighted by Gasteiger charge is -2.33. The summed E-state index contributed by atoms with van der Waals surface area (Å²) in [5.74, 6) is -0.645. The Hall–Kier alpha value is -3.77. The van der Waals surface area contributed by atoms with Crippen LogP contribution in [0.5, 0.6) is 5.75 Å². The minimum atomic E-state index is -4.89. The molecule has 3 rings (SSSR count). The molecular weight excluding hydrogens is 631 g/mol. The lowest BCUT2D eigenvalue weighted by molar-refractivity contribution is -0.140. The number of carbonyl (C=O) groups excluding carboxylic acids is 2. The number of carbonyl (C=O) groups is 2. The van der Waals surface area contributed by atoms with Crippen LogP contribution in [0.25, 0.3) is 0 Å². The predicted molar refractivity (Wildman–Crippen MR) is 168 cm³/mol. The van der Waals surface area contributed by atoms with Crippen LogP contribution >= 0.6 is 11.6 Å². The fraction of sp³-hybridized carbons (Fsp3) is 0.375. The first-order chi connectivity index (χ1) is 21.2. The van der Waals surface area contributed by atoms with E-state index in [0.717, 1.165) is 30.5 Å². The highest BCUT2D eigenvalue weighted by molar-refractivity contribution is 7.92. The van der Waals surface area contributed by atoms with Gasteiger partial charge in [0.15, 0.2) is 0 Å². The van der Waals surface area contributed by atoms with Crippen molar-refractivity contribution in [3.05, 3.63) is 88.4 Å². The summed E-state index contributed by atoms with van der Waals surface area (Å²) in [7, 11) is -3.07. The van der Waals surface area contributed by atoms with Gasteiger partial charge in [-0.2, -0.15) is 13.2 Å². The summed E-state index contributed by atoms with van der Waals surface area (Å²) in [4.78, 5) is 28.4. The molecular formula is C32H37ClF3N3O5S. The fourth-order valence-corrected chi connectivity index (χ4v) is 6.24. The lowest BCUT2D eigenvalue weighted by atomic mass is 10.1. The topological polar surface area (TPSA) is 96.0 Å². The van der Waals surface area contributed by atoms with Crippen LogP contribution < -0.4 is 14.4 Å². The summed E-state index contributed by atoms with van der Waals surface area (Å²) in [5, 5.41) is 2.20. The zero-order valence-electron chi connectivity index (χ0n) is 25.5. The van der Waals surface area contributed by atoms with Gasteiger partial charge < -0.3 is 15.0 Å². The molecule has 0 aliphatic rings. The average molecular weight is 668 g/mol. The van der Waals surface area contributed by atoms with E-state index in [9.17, 15) is 31.2 Å². The first kappa shape index (κ1) is 35.7. The molecule has 0 aliphatic carbocycles. The molecule has 0 saturated heterocycles. The second-order valence-electron chi connectivity index (χ2n) is 10.4. The van der Waals surface area contributed by atoms with Crippen molar-refractivity contribution in [2.24, 2.45) is 0 Å². The van der Waals surface area contributed by atoms with Gasteiger partial charge in [-0.05, 0) is 67.8 Å². The van der Waals surface area contributed by atoms with Crippen LogP contribution in [-0.4, -0.2) is 51.4 Å². The number of sulfonamides is 1. The fourth-order valence-electron chi connectivity index (χ4n) is 4.61. The van der Waals surface area contributed by atoms with Crippen LogP contribution in [0.2, 0.25) is 5.02 Å². The van der Waals surface area contributed by atoms with Gasteiger partial charge in [0.05, 0.1) is 28.3 Å². The molecule has 0 heterocycles. The molecule has 0 unspecified atom stereocenters. The van der Waals surface area contributed by atoms with Gasteiger partial charge in [0, 0.05) is 13.1 Å². The SMILES string of the molecule is CCCCNC(=O)[C@H](CC)N(Cc1ccc(OC)cc1)C(=O)CN(c1ccc(Cl)c(C(F)(F)F)c1)S(=O)(=O)c1ccc(C)cc1. The van der Waals surface area contributed by atoms with Gasteiger partial charge in [0.1, 0.15) is 18.3 Å². The summed E-state index contributed by atoms with van der Waals surface area (Å²) in [6.07, 6.45) is -3.14.